The summed E-state index contributed by atoms with van der Waals surface area (Å²) in [6.45, 7) is 7.04. The van der Waals surface area contributed by atoms with Crippen molar-refractivity contribution in [3.05, 3.63) is 60.0 Å². The Bertz CT molecular complexity index is 1140. The number of hydrogen-bond donors (Lipinski definition) is 3. The van der Waals surface area contributed by atoms with E-state index in [-0.39, 0.29) is 29.8 Å². The molecule has 2 heterocycles. The first-order chi connectivity index (χ1) is 16.4. The van der Waals surface area contributed by atoms with Crippen molar-refractivity contribution in [1.82, 2.24) is 25.3 Å². The lowest BCUT2D eigenvalue weighted by Crippen LogP contribution is -2.47. The molecule has 0 aliphatic carbocycles. The Morgan fingerprint density at radius 3 is 2.50 bits per heavy atom. The van der Waals surface area contributed by atoms with E-state index in [1.165, 1.54) is 24.3 Å². The Morgan fingerprint density at radius 2 is 1.79 bits per heavy atom. The van der Waals surface area contributed by atoms with Gasteiger partial charge < -0.3 is 20.9 Å². The first kappa shape index (κ1) is 23.7. The molecule has 1 aliphatic rings. The minimum Gasteiger partial charge on any atom is -0.349 e. The number of nitrogens with zero attached hydrogens (tertiary/aromatic N) is 3. The number of halogens is 1. The highest BCUT2D eigenvalue weighted by molar-refractivity contribution is 6.04. The molecule has 1 aliphatic heterocycles. The van der Waals surface area contributed by atoms with E-state index in [2.05, 4.69) is 25.9 Å². The van der Waals surface area contributed by atoms with Crippen LogP contribution in [0.1, 0.15) is 43.2 Å². The Labute approximate surface area is 198 Å². The van der Waals surface area contributed by atoms with Gasteiger partial charge in [-0.2, -0.15) is 5.10 Å². The zero-order chi connectivity index (χ0) is 24.1. The third kappa shape index (κ3) is 5.72. The Kier molecular flexibility index (Phi) is 7.42. The molecule has 0 atom stereocenters. The minimum atomic E-state index is -0.340. The van der Waals surface area contributed by atoms with Gasteiger partial charge in [-0.15, -0.1) is 0 Å². The number of carbonyl (C=O) groups excluding carboxylic acids is 2. The lowest BCUT2D eigenvalue weighted by Gasteiger charge is -2.32. The van der Waals surface area contributed by atoms with E-state index >= 15 is 0 Å². The number of rotatable bonds is 7. The fraction of sp³-hybridized carbons (Fsp3) is 0.400. The molecule has 0 unspecified atom stereocenters. The van der Waals surface area contributed by atoms with Crippen LogP contribution in [0.3, 0.4) is 0 Å². The summed E-state index contributed by atoms with van der Waals surface area (Å²) in [5.74, 6) is -0.502. The number of piperidine rings is 1. The molecule has 1 fully saturated rings. The highest BCUT2D eigenvalue weighted by atomic mass is 19.1. The number of carbonyl (C=O) groups is 2. The lowest BCUT2D eigenvalue weighted by atomic mass is 10.1. The predicted octanol–water partition coefficient (Wildman–Crippen LogP) is 3.77. The van der Waals surface area contributed by atoms with Gasteiger partial charge in [-0.1, -0.05) is 18.2 Å². The Hall–Kier alpha value is -3.46. The summed E-state index contributed by atoms with van der Waals surface area (Å²) in [7, 11) is 0. The highest BCUT2D eigenvalue weighted by Crippen LogP contribution is 2.21. The first-order valence-corrected chi connectivity index (χ1v) is 11.7. The van der Waals surface area contributed by atoms with Crippen LogP contribution in [0.15, 0.2) is 48.5 Å². The van der Waals surface area contributed by atoms with Crippen LogP contribution in [0.2, 0.25) is 0 Å². The van der Waals surface area contributed by atoms with E-state index in [0.717, 1.165) is 43.4 Å². The Balaban J connectivity index is 1.20. The SMILES string of the molecule is CC(C)n1nc(C(=O)NCCN2CCC(NC(=O)Nc3ccc(F)cc3)CC2)c2ccccc21. The van der Waals surface area contributed by atoms with Gasteiger partial charge in [0.2, 0.25) is 0 Å². The Morgan fingerprint density at radius 1 is 1.09 bits per heavy atom. The molecule has 3 N–H and O–H groups in total. The van der Waals surface area contributed by atoms with Crippen LogP contribution in [-0.4, -0.2) is 58.8 Å². The molecule has 1 aromatic heterocycles. The molecule has 1 saturated heterocycles. The maximum absolute atomic E-state index is 13.0. The van der Waals surface area contributed by atoms with Gasteiger partial charge in [0, 0.05) is 49.3 Å². The summed E-state index contributed by atoms with van der Waals surface area (Å²) < 4.78 is 14.9. The van der Waals surface area contributed by atoms with Crippen molar-refractivity contribution < 1.29 is 14.0 Å². The molecule has 8 nitrogen and oxygen atoms in total. The average molecular weight is 467 g/mol. The van der Waals surface area contributed by atoms with Gasteiger partial charge in [-0.3, -0.25) is 9.48 Å². The summed E-state index contributed by atoms with van der Waals surface area (Å²) in [6, 6.07) is 13.4. The number of para-hydroxylation sites is 1. The summed E-state index contributed by atoms with van der Waals surface area (Å²) in [5.41, 5.74) is 1.97. The molecule has 2 aromatic carbocycles. The molecule has 9 heteroatoms. The zero-order valence-electron chi connectivity index (χ0n) is 19.6. The van der Waals surface area contributed by atoms with Crippen molar-refractivity contribution in [3.8, 4) is 0 Å². The quantitative estimate of drug-likeness (QED) is 0.494. The van der Waals surface area contributed by atoms with Crippen LogP contribution in [0.4, 0.5) is 14.9 Å². The smallest absolute Gasteiger partial charge is 0.319 e. The highest BCUT2D eigenvalue weighted by Gasteiger charge is 2.22. The van der Waals surface area contributed by atoms with E-state index in [0.29, 0.717) is 17.9 Å². The maximum Gasteiger partial charge on any atom is 0.319 e. The molecular formula is C25H31FN6O2. The standard InChI is InChI=1S/C25H31FN6O2/c1-17(2)32-22-6-4-3-5-21(22)23(30-32)24(33)27-13-16-31-14-11-20(12-15-31)29-25(34)28-19-9-7-18(26)8-10-19/h3-10,17,20H,11-16H2,1-2H3,(H,27,33)(H2,28,29,34). The van der Waals surface area contributed by atoms with Crippen molar-refractivity contribution >= 4 is 28.5 Å². The van der Waals surface area contributed by atoms with Crippen LogP contribution in [-0.2, 0) is 0 Å². The van der Waals surface area contributed by atoms with Gasteiger partial charge in [0.25, 0.3) is 5.91 Å². The molecule has 0 spiro atoms. The van der Waals surface area contributed by atoms with Crippen molar-refractivity contribution in [2.24, 2.45) is 0 Å². The minimum absolute atomic E-state index is 0.0812. The van der Waals surface area contributed by atoms with E-state index < -0.39 is 0 Å². The van der Waals surface area contributed by atoms with Gasteiger partial charge >= 0.3 is 6.03 Å². The molecule has 180 valence electrons. The number of nitrogens with one attached hydrogen (secondary N) is 3. The molecular weight excluding hydrogens is 435 g/mol. The van der Waals surface area contributed by atoms with Crippen molar-refractivity contribution in [3.63, 3.8) is 0 Å². The number of hydrogen-bond acceptors (Lipinski definition) is 4. The van der Waals surface area contributed by atoms with Crippen LogP contribution in [0.5, 0.6) is 0 Å². The van der Waals surface area contributed by atoms with Gasteiger partial charge in [0.1, 0.15) is 5.82 Å². The number of aromatic nitrogens is 2. The fourth-order valence-corrected chi connectivity index (χ4v) is 4.25. The summed E-state index contributed by atoms with van der Waals surface area (Å²) in [4.78, 5) is 27.3. The molecule has 3 amide bonds. The average Bonchev–Trinajstić information content (AvgIpc) is 3.22. The van der Waals surface area contributed by atoms with Crippen LogP contribution < -0.4 is 16.0 Å². The normalized spacial score (nSPS) is 14.9. The van der Waals surface area contributed by atoms with Crippen molar-refractivity contribution in [1.29, 1.82) is 0 Å². The van der Waals surface area contributed by atoms with Crippen molar-refractivity contribution in [2.45, 2.75) is 38.8 Å². The fourth-order valence-electron chi connectivity index (χ4n) is 4.25. The van der Waals surface area contributed by atoms with Crippen LogP contribution >= 0.6 is 0 Å². The first-order valence-electron chi connectivity index (χ1n) is 11.7. The third-order valence-electron chi connectivity index (χ3n) is 6.06. The molecule has 34 heavy (non-hydrogen) atoms. The van der Waals surface area contributed by atoms with Crippen molar-refractivity contribution in [2.75, 3.05) is 31.5 Å². The summed E-state index contributed by atoms with van der Waals surface area (Å²) >= 11 is 0. The van der Waals surface area contributed by atoms with Gasteiger partial charge in [0.05, 0.1) is 5.52 Å². The largest absolute Gasteiger partial charge is 0.349 e. The second-order valence-corrected chi connectivity index (χ2v) is 8.88. The number of amides is 3. The number of benzene rings is 2. The van der Waals surface area contributed by atoms with Gasteiger partial charge in [0.15, 0.2) is 5.69 Å². The number of urea groups is 1. The van der Waals surface area contributed by atoms with E-state index in [9.17, 15) is 14.0 Å². The van der Waals surface area contributed by atoms with E-state index in [4.69, 9.17) is 0 Å². The molecule has 0 saturated carbocycles. The zero-order valence-corrected chi connectivity index (χ0v) is 19.6. The van der Waals surface area contributed by atoms with Crippen LogP contribution in [0, 0.1) is 5.82 Å². The van der Waals surface area contributed by atoms with E-state index in [1.54, 1.807) is 0 Å². The number of anilines is 1. The number of fused-ring (bicyclic) bond motifs is 1. The second kappa shape index (κ2) is 10.6. The number of likely N-dealkylation sites (tertiary alicyclic amines) is 1. The molecule has 4 rings (SSSR count). The third-order valence-corrected chi connectivity index (χ3v) is 6.06. The van der Waals surface area contributed by atoms with Gasteiger partial charge in [-0.25, -0.2) is 9.18 Å². The summed E-state index contributed by atoms with van der Waals surface area (Å²) in [5, 5.41) is 14.1. The topological polar surface area (TPSA) is 91.3 Å². The van der Waals surface area contributed by atoms with E-state index in [1.807, 2.05) is 42.8 Å². The molecule has 0 bridgehead atoms. The lowest BCUT2D eigenvalue weighted by molar-refractivity contribution is 0.0940. The molecule has 3 aromatic rings. The van der Waals surface area contributed by atoms with Gasteiger partial charge in [-0.05, 0) is 57.0 Å². The second-order valence-electron chi connectivity index (χ2n) is 8.88. The molecule has 0 radical (unpaired) electrons. The van der Waals surface area contributed by atoms with Crippen LogP contribution in [0.25, 0.3) is 10.9 Å². The maximum atomic E-state index is 13.0. The monoisotopic (exact) mass is 466 g/mol. The predicted molar refractivity (Wildman–Crippen MR) is 130 cm³/mol. The summed E-state index contributed by atoms with van der Waals surface area (Å²) in [6.07, 6.45) is 1.66.